The number of thioether (sulfide) groups is 1. The molecule has 1 fully saturated rings. The van der Waals surface area contributed by atoms with Crippen LogP contribution in [0.5, 0.6) is 0 Å². The molecule has 0 spiro atoms. The number of carboxylic acids is 1. The van der Waals surface area contributed by atoms with Crippen LogP contribution in [0.3, 0.4) is 0 Å². The highest BCUT2D eigenvalue weighted by Gasteiger charge is 2.31. The number of halogens is 2. The van der Waals surface area contributed by atoms with E-state index in [-0.39, 0.29) is 12.0 Å². The summed E-state index contributed by atoms with van der Waals surface area (Å²) in [5.41, 5.74) is 2.16. The minimum atomic E-state index is -0.722. The Morgan fingerprint density at radius 3 is 2.46 bits per heavy atom. The third-order valence-electron chi connectivity index (χ3n) is 4.86. The van der Waals surface area contributed by atoms with E-state index in [2.05, 4.69) is 29.2 Å². The van der Waals surface area contributed by atoms with Crippen LogP contribution in [0.25, 0.3) is 0 Å². The molecular formula is C20H21Cl2NO2S. The van der Waals surface area contributed by atoms with E-state index >= 15 is 0 Å². The summed E-state index contributed by atoms with van der Waals surface area (Å²) in [6.07, 6.45) is 3.65. The maximum atomic E-state index is 11.5. The maximum absolute atomic E-state index is 11.5. The first-order chi connectivity index (χ1) is 12.5. The molecule has 0 amide bonds. The first-order valence-corrected chi connectivity index (χ1v) is 10.5. The quantitative estimate of drug-likeness (QED) is 0.652. The molecule has 2 unspecified atom stereocenters. The van der Waals surface area contributed by atoms with Gasteiger partial charge in [-0.3, -0.25) is 9.69 Å². The smallest absolute Gasteiger partial charge is 0.307 e. The van der Waals surface area contributed by atoms with Crippen LogP contribution in [0, 0.1) is 5.92 Å². The van der Waals surface area contributed by atoms with Crippen LogP contribution in [0.15, 0.2) is 47.4 Å². The zero-order valence-corrected chi connectivity index (χ0v) is 16.8. The molecule has 138 valence electrons. The van der Waals surface area contributed by atoms with Crippen LogP contribution in [0.4, 0.5) is 0 Å². The lowest BCUT2D eigenvalue weighted by atomic mass is 9.91. The van der Waals surface area contributed by atoms with Crippen molar-refractivity contribution in [3.8, 4) is 0 Å². The van der Waals surface area contributed by atoms with E-state index < -0.39 is 5.97 Å². The number of likely N-dealkylation sites (tertiary alicyclic amines) is 1. The van der Waals surface area contributed by atoms with Crippen LogP contribution >= 0.6 is 35.0 Å². The predicted octanol–water partition coefficient (Wildman–Crippen LogP) is 5.60. The summed E-state index contributed by atoms with van der Waals surface area (Å²) in [7, 11) is 0. The fraction of sp³-hybridized carbons (Fsp3) is 0.350. The van der Waals surface area contributed by atoms with E-state index in [0.717, 1.165) is 30.5 Å². The van der Waals surface area contributed by atoms with Crippen molar-refractivity contribution in [3.63, 3.8) is 0 Å². The van der Waals surface area contributed by atoms with Crippen molar-refractivity contribution in [1.82, 2.24) is 4.90 Å². The molecule has 1 N–H and O–H groups in total. The van der Waals surface area contributed by atoms with E-state index in [9.17, 15) is 9.90 Å². The summed E-state index contributed by atoms with van der Waals surface area (Å²) in [5.74, 6) is -1.06. The first kappa shape index (κ1) is 19.6. The fourth-order valence-corrected chi connectivity index (χ4v) is 4.24. The van der Waals surface area contributed by atoms with Crippen LogP contribution in [0.1, 0.15) is 30.0 Å². The Bertz CT molecular complexity index is 782. The number of hydrogen-bond acceptors (Lipinski definition) is 3. The number of aliphatic carboxylic acids is 1. The second kappa shape index (κ2) is 8.66. The van der Waals surface area contributed by atoms with Gasteiger partial charge in [-0.25, -0.2) is 0 Å². The monoisotopic (exact) mass is 409 g/mol. The molecule has 0 radical (unpaired) electrons. The van der Waals surface area contributed by atoms with Crippen LogP contribution < -0.4 is 0 Å². The molecule has 2 atom stereocenters. The Hall–Kier alpha value is -1.20. The van der Waals surface area contributed by atoms with Gasteiger partial charge in [0.25, 0.3) is 0 Å². The molecule has 26 heavy (non-hydrogen) atoms. The van der Waals surface area contributed by atoms with Gasteiger partial charge in [0.2, 0.25) is 0 Å². The number of piperidine rings is 1. The number of carboxylic acid groups (broad SMARTS) is 1. The van der Waals surface area contributed by atoms with E-state index in [4.69, 9.17) is 23.2 Å². The van der Waals surface area contributed by atoms with Gasteiger partial charge in [-0.15, -0.1) is 11.8 Å². The fourth-order valence-electron chi connectivity index (χ4n) is 3.53. The van der Waals surface area contributed by atoms with Gasteiger partial charge in [0.1, 0.15) is 0 Å². The Kier molecular flexibility index (Phi) is 6.51. The molecule has 0 saturated carbocycles. The van der Waals surface area contributed by atoms with Gasteiger partial charge in [-0.2, -0.15) is 0 Å². The third-order valence-corrected chi connectivity index (χ3v) is 6.34. The van der Waals surface area contributed by atoms with Crippen LogP contribution in [-0.2, 0) is 4.79 Å². The number of benzene rings is 2. The Labute approximate surface area is 168 Å². The summed E-state index contributed by atoms with van der Waals surface area (Å²) >= 11 is 14.1. The minimum absolute atomic E-state index is 0.0391. The van der Waals surface area contributed by atoms with Crippen molar-refractivity contribution in [2.45, 2.75) is 23.8 Å². The van der Waals surface area contributed by atoms with E-state index in [1.54, 1.807) is 17.8 Å². The van der Waals surface area contributed by atoms with Crippen LogP contribution in [0.2, 0.25) is 10.0 Å². The van der Waals surface area contributed by atoms with Crippen molar-refractivity contribution in [3.05, 3.63) is 63.6 Å². The molecule has 3 rings (SSSR count). The highest BCUT2D eigenvalue weighted by molar-refractivity contribution is 7.98. The van der Waals surface area contributed by atoms with Crippen molar-refractivity contribution in [2.24, 2.45) is 5.92 Å². The molecule has 1 aliphatic rings. The zero-order valence-electron chi connectivity index (χ0n) is 14.5. The zero-order chi connectivity index (χ0) is 18.7. The lowest BCUT2D eigenvalue weighted by molar-refractivity contribution is -0.143. The van der Waals surface area contributed by atoms with Crippen molar-refractivity contribution in [2.75, 3.05) is 19.3 Å². The van der Waals surface area contributed by atoms with Gasteiger partial charge in [0.05, 0.1) is 22.0 Å². The normalized spacial score (nSPS) is 19.3. The largest absolute Gasteiger partial charge is 0.481 e. The maximum Gasteiger partial charge on any atom is 0.307 e. The lowest BCUT2D eigenvalue weighted by Gasteiger charge is -2.37. The lowest BCUT2D eigenvalue weighted by Crippen LogP contribution is -2.41. The van der Waals surface area contributed by atoms with Gasteiger partial charge in [0.15, 0.2) is 0 Å². The van der Waals surface area contributed by atoms with E-state index in [1.807, 2.05) is 18.4 Å². The SMILES string of the molecule is CSc1ccc(C(c2ccc(Cl)c(Cl)c2)N2CCCC(C(=O)O)C2)cc1. The molecule has 0 aliphatic carbocycles. The standard InChI is InChI=1S/C20H21Cl2NO2S/c1-26-16-7-4-13(5-8-16)19(14-6-9-17(21)18(22)11-14)23-10-2-3-15(12-23)20(24)25/h4-9,11,15,19H,2-3,10,12H2,1H3,(H,24,25). The van der Waals surface area contributed by atoms with Gasteiger partial charge >= 0.3 is 5.97 Å². The van der Waals surface area contributed by atoms with Gasteiger partial charge in [-0.05, 0) is 61.0 Å². The molecule has 1 heterocycles. The molecule has 1 aliphatic heterocycles. The Balaban J connectivity index is 1.99. The summed E-state index contributed by atoms with van der Waals surface area (Å²) in [6, 6.07) is 14.1. The van der Waals surface area contributed by atoms with E-state index in [1.165, 1.54) is 4.90 Å². The second-order valence-corrected chi connectivity index (χ2v) is 8.22. The average molecular weight is 410 g/mol. The molecule has 0 aromatic heterocycles. The predicted molar refractivity (Wildman–Crippen MR) is 108 cm³/mol. The highest BCUT2D eigenvalue weighted by atomic mass is 35.5. The molecule has 2 aromatic rings. The molecular weight excluding hydrogens is 389 g/mol. The minimum Gasteiger partial charge on any atom is -0.481 e. The molecule has 3 nitrogen and oxygen atoms in total. The molecule has 1 saturated heterocycles. The third kappa shape index (κ3) is 4.37. The second-order valence-electron chi connectivity index (χ2n) is 6.52. The number of carbonyl (C=O) groups is 1. The highest BCUT2D eigenvalue weighted by Crippen LogP contribution is 2.36. The van der Waals surface area contributed by atoms with Gasteiger partial charge in [0, 0.05) is 11.4 Å². The van der Waals surface area contributed by atoms with Gasteiger partial charge < -0.3 is 5.11 Å². The molecule has 0 bridgehead atoms. The average Bonchev–Trinajstić information content (AvgIpc) is 2.65. The molecule has 2 aromatic carbocycles. The first-order valence-electron chi connectivity index (χ1n) is 8.55. The van der Waals surface area contributed by atoms with Crippen molar-refractivity contribution in [1.29, 1.82) is 0 Å². The summed E-state index contributed by atoms with van der Waals surface area (Å²) in [4.78, 5) is 15.0. The summed E-state index contributed by atoms with van der Waals surface area (Å²) < 4.78 is 0. The number of rotatable bonds is 5. The Morgan fingerprint density at radius 1 is 1.15 bits per heavy atom. The van der Waals surface area contributed by atoms with Crippen molar-refractivity contribution >= 4 is 40.9 Å². The summed E-state index contributed by atoms with van der Waals surface area (Å²) in [5, 5.41) is 10.5. The topological polar surface area (TPSA) is 40.5 Å². The van der Waals surface area contributed by atoms with Crippen LogP contribution in [-0.4, -0.2) is 35.3 Å². The Morgan fingerprint density at radius 2 is 1.85 bits per heavy atom. The number of nitrogens with zero attached hydrogens (tertiary/aromatic N) is 1. The number of hydrogen-bond donors (Lipinski definition) is 1. The van der Waals surface area contributed by atoms with Gasteiger partial charge in [-0.1, -0.05) is 41.4 Å². The molecule has 6 heteroatoms. The van der Waals surface area contributed by atoms with Crippen molar-refractivity contribution < 1.29 is 9.90 Å². The van der Waals surface area contributed by atoms with E-state index in [0.29, 0.717) is 16.6 Å². The summed E-state index contributed by atoms with van der Waals surface area (Å²) in [6.45, 7) is 1.39.